The van der Waals surface area contributed by atoms with Crippen molar-refractivity contribution in [1.29, 1.82) is 0 Å². The van der Waals surface area contributed by atoms with Crippen molar-refractivity contribution in [2.24, 2.45) is 5.73 Å². The fourth-order valence-corrected chi connectivity index (χ4v) is 1.68. The Hall–Kier alpha value is -1.13. The number of nitrogens with two attached hydrogens (primary N) is 1. The minimum Gasteiger partial charge on any atom is -0.490 e. The molecule has 0 aliphatic carbocycles. The third kappa shape index (κ3) is 4.32. The molecule has 0 aromatic heterocycles. The lowest BCUT2D eigenvalue weighted by Crippen LogP contribution is -2.43. The Balaban J connectivity index is 2.68. The Kier molecular flexibility index (Phi) is 4.48. The van der Waals surface area contributed by atoms with E-state index in [-0.39, 0.29) is 18.5 Å². The van der Waals surface area contributed by atoms with Crippen LogP contribution in [0.1, 0.15) is 25.8 Å². The molecule has 0 bridgehead atoms. The van der Waals surface area contributed by atoms with Crippen molar-refractivity contribution in [3.05, 3.63) is 29.6 Å². The van der Waals surface area contributed by atoms with Crippen LogP contribution >= 0.6 is 0 Å². The van der Waals surface area contributed by atoms with Crippen molar-refractivity contribution in [3.63, 3.8) is 0 Å². The summed E-state index contributed by atoms with van der Waals surface area (Å²) in [5, 5.41) is 9.07. The van der Waals surface area contributed by atoms with Crippen LogP contribution in [0, 0.1) is 12.7 Å². The normalized spacial score (nSPS) is 16.4. The Bertz CT molecular complexity index is 380. The number of hydrogen-bond donors (Lipinski definition) is 2. The zero-order valence-corrected chi connectivity index (χ0v) is 10.5. The molecule has 17 heavy (non-hydrogen) atoms. The van der Waals surface area contributed by atoms with Gasteiger partial charge in [-0.15, -0.1) is 0 Å². The first kappa shape index (κ1) is 13.9. The maximum atomic E-state index is 13.1. The molecule has 0 spiro atoms. The van der Waals surface area contributed by atoms with E-state index in [1.54, 1.807) is 13.0 Å². The third-order valence-corrected chi connectivity index (χ3v) is 2.59. The summed E-state index contributed by atoms with van der Waals surface area (Å²) in [6.07, 6.45) is 0.317. The van der Waals surface area contributed by atoms with Gasteiger partial charge in [-0.3, -0.25) is 0 Å². The first-order chi connectivity index (χ1) is 7.84. The van der Waals surface area contributed by atoms with Crippen molar-refractivity contribution < 1.29 is 14.2 Å². The zero-order chi connectivity index (χ0) is 13.1. The molecular weight excluding hydrogens is 221 g/mol. The summed E-state index contributed by atoms with van der Waals surface area (Å²) < 4.78 is 18.7. The van der Waals surface area contributed by atoms with E-state index in [4.69, 9.17) is 15.6 Å². The van der Waals surface area contributed by atoms with Gasteiger partial charge in [-0.1, -0.05) is 6.07 Å². The van der Waals surface area contributed by atoms with Gasteiger partial charge in [-0.25, -0.2) is 4.39 Å². The van der Waals surface area contributed by atoms with E-state index in [0.29, 0.717) is 12.2 Å². The lowest BCUT2D eigenvalue weighted by molar-refractivity contribution is 0.133. The minimum atomic E-state index is -0.680. The SMILES string of the molecule is Cc1ccc(F)cc1OC(C)CC(C)(N)CO. The molecule has 1 aromatic rings. The molecule has 0 amide bonds. The number of ether oxygens (including phenoxy) is 1. The van der Waals surface area contributed by atoms with Crippen LogP contribution in [0.15, 0.2) is 18.2 Å². The highest BCUT2D eigenvalue weighted by Crippen LogP contribution is 2.22. The third-order valence-electron chi connectivity index (χ3n) is 2.59. The molecule has 2 atom stereocenters. The predicted octanol–water partition coefficient (Wildman–Crippen LogP) is 2.00. The minimum absolute atomic E-state index is 0.108. The molecule has 0 saturated heterocycles. The van der Waals surface area contributed by atoms with E-state index in [9.17, 15) is 4.39 Å². The van der Waals surface area contributed by atoms with E-state index in [0.717, 1.165) is 5.56 Å². The Morgan fingerprint density at radius 3 is 2.76 bits per heavy atom. The van der Waals surface area contributed by atoms with Gasteiger partial charge in [0.1, 0.15) is 11.6 Å². The van der Waals surface area contributed by atoms with Crippen LogP contribution in [0.4, 0.5) is 4.39 Å². The number of halogens is 1. The molecule has 3 N–H and O–H groups in total. The average molecular weight is 241 g/mol. The maximum absolute atomic E-state index is 13.1. The molecule has 0 fully saturated rings. The molecule has 0 saturated carbocycles. The number of hydrogen-bond acceptors (Lipinski definition) is 3. The summed E-state index contributed by atoms with van der Waals surface area (Å²) in [7, 11) is 0. The van der Waals surface area contributed by atoms with E-state index in [2.05, 4.69) is 0 Å². The molecule has 0 aliphatic rings. The Morgan fingerprint density at radius 1 is 1.53 bits per heavy atom. The van der Waals surface area contributed by atoms with Crippen LogP contribution in [-0.2, 0) is 0 Å². The highest BCUT2D eigenvalue weighted by molar-refractivity contribution is 5.32. The second kappa shape index (κ2) is 5.47. The molecule has 0 radical (unpaired) electrons. The predicted molar refractivity (Wildman–Crippen MR) is 65.5 cm³/mol. The molecule has 3 nitrogen and oxygen atoms in total. The van der Waals surface area contributed by atoms with E-state index in [1.807, 2.05) is 13.8 Å². The second-order valence-electron chi connectivity index (χ2n) is 4.85. The van der Waals surface area contributed by atoms with Crippen LogP contribution in [0.25, 0.3) is 0 Å². The highest BCUT2D eigenvalue weighted by atomic mass is 19.1. The lowest BCUT2D eigenvalue weighted by Gasteiger charge is -2.26. The van der Waals surface area contributed by atoms with Gasteiger partial charge in [0, 0.05) is 18.0 Å². The first-order valence-electron chi connectivity index (χ1n) is 5.66. The smallest absolute Gasteiger partial charge is 0.126 e. The highest BCUT2D eigenvalue weighted by Gasteiger charge is 2.22. The molecular formula is C13H20FNO2. The van der Waals surface area contributed by atoms with E-state index < -0.39 is 5.54 Å². The van der Waals surface area contributed by atoms with E-state index >= 15 is 0 Å². The molecule has 0 heterocycles. The Labute approximate surface area is 101 Å². The summed E-state index contributed by atoms with van der Waals surface area (Å²) in [5.41, 5.74) is 6.03. The zero-order valence-electron chi connectivity index (χ0n) is 10.5. The van der Waals surface area contributed by atoms with E-state index in [1.165, 1.54) is 12.1 Å². The van der Waals surface area contributed by atoms with Gasteiger partial charge in [0.25, 0.3) is 0 Å². The van der Waals surface area contributed by atoms with Crippen LogP contribution < -0.4 is 10.5 Å². The quantitative estimate of drug-likeness (QED) is 0.829. The molecule has 1 aromatic carbocycles. The van der Waals surface area contributed by atoms with Gasteiger partial charge in [-0.05, 0) is 32.4 Å². The van der Waals surface area contributed by atoms with Crippen LogP contribution in [-0.4, -0.2) is 23.4 Å². The molecule has 1 rings (SSSR count). The summed E-state index contributed by atoms with van der Waals surface area (Å²) in [6.45, 7) is 5.36. The van der Waals surface area contributed by atoms with Crippen molar-refractivity contribution in [2.45, 2.75) is 38.8 Å². The van der Waals surface area contributed by atoms with Crippen molar-refractivity contribution in [3.8, 4) is 5.75 Å². The number of rotatable bonds is 5. The number of aryl methyl sites for hydroxylation is 1. The summed E-state index contributed by atoms with van der Waals surface area (Å²) >= 11 is 0. The van der Waals surface area contributed by atoms with Crippen LogP contribution in [0.3, 0.4) is 0 Å². The van der Waals surface area contributed by atoms with Gasteiger partial charge < -0.3 is 15.6 Å². The lowest BCUT2D eigenvalue weighted by atomic mass is 9.97. The maximum Gasteiger partial charge on any atom is 0.126 e. The topological polar surface area (TPSA) is 55.5 Å². The number of benzene rings is 1. The standard InChI is InChI=1S/C13H20FNO2/c1-9-4-5-11(14)6-12(9)17-10(2)7-13(3,15)8-16/h4-6,10,16H,7-8,15H2,1-3H3. The molecule has 4 heteroatoms. The first-order valence-corrected chi connectivity index (χ1v) is 5.66. The van der Waals surface area contributed by atoms with Crippen LogP contribution in [0.2, 0.25) is 0 Å². The van der Waals surface area contributed by atoms with Gasteiger partial charge in [0.05, 0.1) is 12.7 Å². The summed E-state index contributed by atoms with van der Waals surface area (Å²) in [5.74, 6) is 0.196. The monoisotopic (exact) mass is 241 g/mol. The molecule has 0 aliphatic heterocycles. The summed E-state index contributed by atoms with van der Waals surface area (Å²) in [4.78, 5) is 0. The fourth-order valence-electron chi connectivity index (χ4n) is 1.68. The molecule has 2 unspecified atom stereocenters. The summed E-state index contributed by atoms with van der Waals surface area (Å²) in [6, 6.07) is 4.43. The fraction of sp³-hybridized carbons (Fsp3) is 0.538. The van der Waals surface area contributed by atoms with Gasteiger partial charge in [0.2, 0.25) is 0 Å². The van der Waals surface area contributed by atoms with Crippen molar-refractivity contribution >= 4 is 0 Å². The van der Waals surface area contributed by atoms with Crippen molar-refractivity contribution in [2.75, 3.05) is 6.61 Å². The number of aliphatic hydroxyl groups excluding tert-OH is 1. The largest absolute Gasteiger partial charge is 0.490 e. The van der Waals surface area contributed by atoms with Gasteiger partial charge in [-0.2, -0.15) is 0 Å². The Morgan fingerprint density at radius 2 is 2.18 bits per heavy atom. The van der Waals surface area contributed by atoms with Gasteiger partial charge in [0.15, 0.2) is 0 Å². The van der Waals surface area contributed by atoms with Crippen LogP contribution in [0.5, 0.6) is 5.75 Å². The van der Waals surface area contributed by atoms with Gasteiger partial charge >= 0.3 is 0 Å². The second-order valence-corrected chi connectivity index (χ2v) is 4.85. The average Bonchev–Trinajstić information content (AvgIpc) is 2.23. The molecule has 96 valence electrons. The number of aliphatic hydroxyl groups is 1. The van der Waals surface area contributed by atoms with Crippen molar-refractivity contribution in [1.82, 2.24) is 0 Å².